The fourth-order valence-corrected chi connectivity index (χ4v) is 3.80. The Kier molecular flexibility index (Phi) is 5.58. The van der Waals surface area contributed by atoms with Crippen molar-refractivity contribution in [2.75, 3.05) is 32.8 Å². The Hall–Kier alpha value is -2.11. The molecule has 1 fully saturated rings. The first kappa shape index (κ1) is 17.2. The second-order valence-corrected chi connectivity index (χ2v) is 6.96. The highest BCUT2D eigenvalue weighted by Gasteiger charge is 2.29. The summed E-state index contributed by atoms with van der Waals surface area (Å²) in [5.41, 5.74) is 0. The van der Waals surface area contributed by atoms with Crippen LogP contribution in [0.15, 0.2) is 29.2 Å². The zero-order valence-corrected chi connectivity index (χ0v) is 13.8. The Balaban J connectivity index is 2.04. The van der Waals surface area contributed by atoms with Crippen LogP contribution in [0, 0.1) is 11.3 Å². The van der Waals surface area contributed by atoms with Gasteiger partial charge in [0.1, 0.15) is 12.2 Å². The predicted molar refractivity (Wildman–Crippen MR) is 83.2 cm³/mol. The molecule has 1 aliphatic rings. The molecule has 1 aromatic rings. The number of carbonyl (C=O) groups excluding carboxylic acids is 1. The van der Waals surface area contributed by atoms with Crippen molar-refractivity contribution >= 4 is 15.9 Å². The topological polar surface area (TPSA) is 90.7 Å². The van der Waals surface area contributed by atoms with E-state index < -0.39 is 10.0 Å². The molecule has 0 bridgehead atoms. The third-order valence-corrected chi connectivity index (χ3v) is 5.51. The molecule has 0 atom stereocenters. The van der Waals surface area contributed by atoms with Crippen molar-refractivity contribution in [1.29, 1.82) is 5.26 Å². The number of hydrogen-bond donors (Lipinski definition) is 0. The minimum absolute atomic E-state index is 0.175. The lowest BCUT2D eigenvalue weighted by molar-refractivity contribution is -0.131. The largest absolute Gasteiger partial charge is 0.494 e. The summed E-state index contributed by atoms with van der Waals surface area (Å²) in [6.45, 7) is 3.44. The first-order valence-electron chi connectivity index (χ1n) is 7.36. The monoisotopic (exact) mass is 337 g/mol. The van der Waals surface area contributed by atoms with Gasteiger partial charge in [-0.25, -0.2) is 8.42 Å². The summed E-state index contributed by atoms with van der Waals surface area (Å²) < 4.78 is 31.8. The normalized spacial score (nSPS) is 15.9. The van der Waals surface area contributed by atoms with Gasteiger partial charge in [-0.15, -0.1) is 0 Å². The quantitative estimate of drug-likeness (QED) is 0.794. The van der Waals surface area contributed by atoms with Gasteiger partial charge in [-0.3, -0.25) is 4.79 Å². The van der Waals surface area contributed by atoms with E-state index in [0.29, 0.717) is 25.4 Å². The van der Waals surface area contributed by atoms with Gasteiger partial charge in [-0.1, -0.05) is 0 Å². The summed E-state index contributed by atoms with van der Waals surface area (Å²) in [5, 5.41) is 8.54. The highest BCUT2D eigenvalue weighted by molar-refractivity contribution is 7.89. The first-order valence-corrected chi connectivity index (χ1v) is 8.80. The molecule has 1 aromatic carbocycles. The average molecular weight is 337 g/mol. The predicted octanol–water partition coefficient (Wildman–Crippen LogP) is 0.832. The van der Waals surface area contributed by atoms with Gasteiger partial charge in [0.25, 0.3) is 0 Å². The summed E-state index contributed by atoms with van der Waals surface area (Å²) in [4.78, 5) is 13.4. The van der Waals surface area contributed by atoms with E-state index in [9.17, 15) is 13.2 Å². The van der Waals surface area contributed by atoms with Gasteiger partial charge in [-0.05, 0) is 31.2 Å². The van der Waals surface area contributed by atoms with Crippen LogP contribution in [-0.4, -0.2) is 56.3 Å². The van der Waals surface area contributed by atoms with Crippen LogP contribution in [0.5, 0.6) is 5.75 Å². The molecule has 2 rings (SSSR count). The van der Waals surface area contributed by atoms with Crippen LogP contribution in [0.2, 0.25) is 0 Å². The van der Waals surface area contributed by atoms with Crippen LogP contribution in [0.25, 0.3) is 0 Å². The number of sulfonamides is 1. The maximum absolute atomic E-state index is 12.6. The lowest BCUT2D eigenvalue weighted by Crippen LogP contribution is -2.50. The molecular weight excluding hydrogens is 318 g/mol. The molecule has 0 aromatic heterocycles. The van der Waals surface area contributed by atoms with E-state index in [-0.39, 0.29) is 30.3 Å². The molecule has 0 saturated carbocycles. The van der Waals surface area contributed by atoms with E-state index in [1.807, 2.05) is 13.0 Å². The standard InChI is InChI=1S/C15H19N3O4S/c1-2-22-13-3-5-14(6-4-13)23(20,21)18-11-9-17(10-12-18)15(19)7-8-16/h3-6H,2,7,9-12H2,1H3. The molecule has 1 heterocycles. The zero-order chi connectivity index (χ0) is 16.9. The highest BCUT2D eigenvalue weighted by Crippen LogP contribution is 2.21. The number of rotatable bonds is 5. The molecule has 0 N–H and O–H groups in total. The fraction of sp³-hybridized carbons (Fsp3) is 0.467. The van der Waals surface area contributed by atoms with E-state index in [1.165, 1.54) is 21.3 Å². The summed E-state index contributed by atoms with van der Waals surface area (Å²) in [5.74, 6) is 0.365. The number of ether oxygens (including phenoxy) is 1. The van der Waals surface area contributed by atoms with Crippen LogP contribution < -0.4 is 4.74 Å². The van der Waals surface area contributed by atoms with Gasteiger partial charge in [-0.2, -0.15) is 9.57 Å². The minimum atomic E-state index is -3.58. The molecule has 8 heteroatoms. The molecular formula is C15H19N3O4S. The Morgan fingerprint density at radius 1 is 1.22 bits per heavy atom. The maximum Gasteiger partial charge on any atom is 0.243 e. The van der Waals surface area contributed by atoms with Crippen molar-refractivity contribution in [3.63, 3.8) is 0 Å². The van der Waals surface area contributed by atoms with Gasteiger partial charge in [0.15, 0.2) is 0 Å². The van der Waals surface area contributed by atoms with Crippen molar-refractivity contribution in [2.45, 2.75) is 18.2 Å². The van der Waals surface area contributed by atoms with Crippen molar-refractivity contribution in [3.8, 4) is 11.8 Å². The molecule has 0 radical (unpaired) electrons. The molecule has 1 amide bonds. The second-order valence-electron chi connectivity index (χ2n) is 5.02. The third kappa shape index (κ3) is 4.00. The Morgan fingerprint density at radius 2 is 1.83 bits per heavy atom. The van der Waals surface area contributed by atoms with Crippen LogP contribution in [0.3, 0.4) is 0 Å². The number of nitriles is 1. The van der Waals surface area contributed by atoms with Gasteiger partial charge in [0.2, 0.25) is 15.9 Å². The summed E-state index contributed by atoms with van der Waals surface area (Å²) in [7, 11) is -3.58. The Labute approximate surface area is 136 Å². The van der Waals surface area contributed by atoms with E-state index >= 15 is 0 Å². The SMILES string of the molecule is CCOc1ccc(S(=O)(=O)N2CCN(C(=O)CC#N)CC2)cc1. The highest BCUT2D eigenvalue weighted by atomic mass is 32.2. The van der Waals surface area contributed by atoms with Crippen molar-refractivity contribution < 1.29 is 17.9 Å². The van der Waals surface area contributed by atoms with Crippen LogP contribution in [0.4, 0.5) is 0 Å². The number of nitrogens with zero attached hydrogens (tertiary/aromatic N) is 3. The Morgan fingerprint density at radius 3 is 2.35 bits per heavy atom. The second kappa shape index (κ2) is 7.44. The maximum atomic E-state index is 12.6. The molecule has 0 spiro atoms. The first-order chi connectivity index (χ1) is 11.0. The number of carbonyl (C=O) groups is 1. The fourth-order valence-electron chi connectivity index (χ4n) is 2.38. The van der Waals surface area contributed by atoms with Gasteiger partial charge < -0.3 is 9.64 Å². The smallest absolute Gasteiger partial charge is 0.243 e. The lowest BCUT2D eigenvalue weighted by atomic mass is 10.3. The van der Waals surface area contributed by atoms with E-state index in [2.05, 4.69) is 0 Å². The minimum Gasteiger partial charge on any atom is -0.494 e. The van der Waals surface area contributed by atoms with E-state index in [1.54, 1.807) is 12.1 Å². The number of benzene rings is 1. The lowest BCUT2D eigenvalue weighted by Gasteiger charge is -2.33. The molecule has 1 aliphatic heterocycles. The number of hydrogen-bond acceptors (Lipinski definition) is 5. The summed E-state index contributed by atoms with van der Waals surface area (Å²) in [6.07, 6.45) is -0.175. The number of amides is 1. The summed E-state index contributed by atoms with van der Waals surface area (Å²) in [6, 6.07) is 8.11. The molecule has 7 nitrogen and oxygen atoms in total. The molecule has 1 saturated heterocycles. The van der Waals surface area contributed by atoms with Crippen molar-refractivity contribution in [2.24, 2.45) is 0 Å². The molecule has 124 valence electrons. The van der Waals surface area contributed by atoms with E-state index in [0.717, 1.165) is 0 Å². The zero-order valence-electron chi connectivity index (χ0n) is 12.9. The van der Waals surface area contributed by atoms with Gasteiger partial charge in [0.05, 0.1) is 17.6 Å². The molecule has 0 unspecified atom stereocenters. The Bertz CT molecular complexity index is 686. The van der Waals surface area contributed by atoms with Gasteiger partial charge in [0, 0.05) is 26.2 Å². The molecule has 23 heavy (non-hydrogen) atoms. The average Bonchev–Trinajstić information content (AvgIpc) is 2.56. The van der Waals surface area contributed by atoms with Crippen LogP contribution >= 0.6 is 0 Å². The van der Waals surface area contributed by atoms with Crippen molar-refractivity contribution in [1.82, 2.24) is 9.21 Å². The number of piperazine rings is 1. The van der Waals surface area contributed by atoms with Gasteiger partial charge >= 0.3 is 0 Å². The molecule has 0 aliphatic carbocycles. The van der Waals surface area contributed by atoms with Crippen LogP contribution in [0.1, 0.15) is 13.3 Å². The van der Waals surface area contributed by atoms with Crippen molar-refractivity contribution in [3.05, 3.63) is 24.3 Å². The summed E-state index contributed by atoms with van der Waals surface area (Å²) >= 11 is 0. The van der Waals surface area contributed by atoms with Crippen LogP contribution in [-0.2, 0) is 14.8 Å². The van der Waals surface area contributed by atoms with E-state index in [4.69, 9.17) is 10.00 Å². The third-order valence-electron chi connectivity index (χ3n) is 3.59.